The lowest BCUT2D eigenvalue weighted by Crippen LogP contribution is -2.45. The average Bonchev–Trinajstić information content (AvgIpc) is 3.62. The Kier molecular flexibility index (Phi) is 9.98. The quantitative estimate of drug-likeness (QED) is 0.109. The number of aromatic nitrogens is 1. The fraction of sp³-hybridized carbons (Fsp3) is 0.200. The van der Waals surface area contributed by atoms with Crippen LogP contribution < -0.4 is 10.4 Å². The first-order valence-corrected chi connectivity index (χ1v) is 19.0. The van der Waals surface area contributed by atoms with Crippen molar-refractivity contribution < 1.29 is 18.7 Å². The van der Waals surface area contributed by atoms with Crippen molar-refractivity contribution in [3.05, 3.63) is 168 Å². The molecule has 5 aromatic carbocycles. The summed E-state index contributed by atoms with van der Waals surface area (Å²) in [6.07, 6.45) is 1.62. The molecule has 1 atom stereocenters. The summed E-state index contributed by atoms with van der Waals surface area (Å²) < 4.78 is 13.7. The van der Waals surface area contributed by atoms with Gasteiger partial charge < -0.3 is 13.9 Å². The highest BCUT2D eigenvalue weighted by molar-refractivity contribution is 6.80. The van der Waals surface area contributed by atoms with Gasteiger partial charge in [-0.2, -0.15) is 0 Å². The van der Waals surface area contributed by atoms with Crippen molar-refractivity contribution >= 4 is 30.8 Å². The molecule has 1 heterocycles. The van der Waals surface area contributed by atoms with Crippen LogP contribution in [0.1, 0.15) is 61.0 Å². The van der Waals surface area contributed by atoms with Crippen LogP contribution in [0.25, 0.3) is 28.2 Å². The summed E-state index contributed by atoms with van der Waals surface area (Å²) in [4.78, 5) is 19.9. The van der Waals surface area contributed by atoms with Crippen LogP contribution in [0.15, 0.2) is 150 Å². The second-order valence-corrected chi connectivity index (χ2v) is 16.0. The molecule has 1 aliphatic rings. The molecule has 1 N–H and O–H groups in total. The summed E-state index contributed by atoms with van der Waals surface area (Å²) in [7, 11) is -1.75. The maximum atomic E-state index is 15.0. The molecule has 0 saturated heterocycles. The van der Waals surface area contributed by atoms with Crippen molar-refractivity contribution in [2.75, 3.05) is 6.61 Å². The number of hydrogen-bond acceptors (Lipinski definition) is 5. The summed E-state index contributed by atoms with van der Waals surface area (Å²) in [6.45, 7) is 6.49. The number of aliphatic hydroxyl groups excluding tert-OH is 1. The van der Waals surface area contributed by atoms with E-state index < -0.39 is 15.0 Å². The van der Waals surface area contributed by atoms with Gasteiger partial charge in [0.1, 0.15) is 5.69 Å². The van der Waals surface area contributed by atoms with Gasteiger partial charge in [-0.05, 0) is 45.3 Å². The van der Waals surface area contributed by atoms with Crippen molar-refractivity contribution in [2.24, 2.45) is 5.92 Å². The van der Waals surface area contributed by atoms with Crippen molar-refractivity contribution in [1.29, 1.82) is 0 Å². The molecule has 0 saturated carbocycles. The van der Waals surface area contributed by atoms with E-state index in [2.05, 4.69) is 63.2 Å². The normalized spacial score (nSPS) is 13.6. The lowest BCUT2D eigenvalue weighted by molar-refractivity contribution is 0.0896. The predicted octanol–water partition coefficient (Wildman–Crippen LogP) is 8.67. The largest absolute Gasteiger partial charge is 0.536 e. The lowest BCUT2D eigenvalue weighted by atomic mass is 9.74. The molecule has 7 rings (SSSR count). The number of rotatable bonds is 11. The van der Waals surface area contributed by atoms with E-state index in [1.165, 1.54) is 11.1 Å². The SMILES string of the molecule is CC(C)(C)c1cccc2c1CCC(O[Si](c1ccccc1)c1ccccc1)=C2C(CCO)C(=O)c1nc(-c2ccccc2)c(-c2ccccc2)o1. The summed E-state index contributed by atoms with van der Waals surface area (Å²) in [5, 5.41) is 12.8. The van der Waals surface area contributed by atoms with E-state index in [-0.39, 0.29) is 30.1 Å². The van der Waals surface area contributed by atoms with Gasteiger partial charge in [-0.15, -0.1) is 0 Å². The monoisotopic (exact) mass is 688 g/mol. The molecule has 1 unspecified atom stereocenters. The van der Waals surface area contributed by atoms with Crippen LogP contribution >= 0.6 is 0 Å². The van der Waals surface area contributed by atoms with Gasteiger partial charge in [-0.3, -0.25) is 4.79 Å². The molecule has 6 aromatic rings. The van der Waals surface area contributed by atoms with E-state index in [0.717, 1.165) is 44.8 Å². The molecule has 0 spiro atoms. The molecule has 0 aliphatic heterocycles. The van der Waals surface area contributed by atoms with Crippen LogP contribution in [-0.4, -0.2) is 31.5 Å². The molecule has 0 amide bonds. The Morgan fingerprint density at radius 1 is 0.765 bits per heavy atom. The van der Waals surface area contributed by atoms with Crippen molar-refractivity contribution in [1.82, 2.24) is 4.98 Å². The average molecular weight is 689 g/mol. The molecule has 1 aliphatic carbocycles. The highest BCUT2D eigenvalue weighted by Crippen LogP contribution is 2.44. The number of fused-ring (bicyclic) bond motifs is 1. The smallest absolute Gasteiger partial charge is 0.352 e. The van der Waals surface area contributed by atoms with Gasteiger partial charge in [0.05, 0.1) is 11.7 Å². The Labute approximate surface area is 302 Å². The number of Topliss-reactive ketones (excluding diaryl/α,β-unsaturated/α-hetero) is 1. The van der Waals surface area contributed by atoms with Gasteiger partial charge in [-0.1, -0.05) is 160 Å². The van der Waals surface area contributed by atoms with Gasteiger partial charge in [-0.25, -0.2) is 4.98 Å². The van der Waals surface area contributed by atoms with E-state index in [1.807, 2.05) is 97.1 Å². The number of carbonyl (C=O) groups excluding carboxylic acids is 1. The van der Waals surface area contributed by atoms with Crippen LogP contribution in [0.3, 0.4) is 0 Å². The van der Waals surface area contributed by atoms with Crippen LogP contribution in [0.4, 0.5) is 0 Å². The highest BCUT2D eigenvalue weighted by atomic mass is 28.3. The lowest BCUT2D eigenvalue weighted by Gasteiger charge is -2.33. The number of benzene rings is 5. The van der Waals surface area contributed by atoms with Gasteiger partial charge in [0.2, 0.25) is 5.78 Å². The molecule has 5 nitrogen and oxygen atoms in total. The molecule has 255 valence electrons. The van der Waals surface area contributed by atoms with Crippen LogP contribution in [0, 0.1) is 5.92 Å². The highest BCUT2D eigenvalue weighted by Gasteiger charge is 2.37. The van der Waals surface area contributed by atoms with Gasteiger partial charge in [0.15, 0.2) is 5.76 Å². The number of aliphatic hydroxyl groups is 1. The fourth-order valence-electron chi connectivity index (χ4n) is 7.10. The number of hydrogen-bond donors (Lipinski definition) is 1. The Bertz CT molecular complexity index is 2040. The van der Waals surface area contributed by atoms with Gasteiger partial charge >= 0.3 is 9.04 Å². The minimum Gasteiger partial charge on any atom is -0.536 e. The second-order valence-electron chi connectivity index (χ2n) is 13.9. The third-order valence-electron chi connectivity index (χ3n) is 9.48. The summed E-state index contributed by atoms with van der Waals surface area (Å²) in [5.41, 5.74) is 6.48. The molecular formula is C45H42NO4Si. The van der Waals surface area contributed by atoms with E-state index in [0.29, 0.717) is 17.9 Å². The Hall–Kier alpha value is -5.30. The molecule has 51 heavy (non-hydrogen) atoms. The van der Waals surface area contributed by atoms with Crippen molar-refractivity contribution in [2.45, 2.75) is 45.4 Å². The zero-order valence-corrected chi connectivity index (χ0v) is 30.3. The molecule has 0 fully saturated rings. The maximum absolute atomic E-state index is 15.0. The molecule has 0 bridgehead atoms. The molecule has 6 heteroatoms. The topological polar surface area (TPSA) is 72.6 Å². The minimum absolute atomic E-state index is 0.0220. The van der Waals surface area contributed by atoms with Crippen molar-refractivity contribution in [3.63, 3.8) is 0 Å². The molecule has 1 radical (unpaired) electrons. The first-order chi connectivity index (χ1) is 24.8. The molecular weight excluding hydrogens is 647 g/mol. The van der Waals surface area contributed by atoms with Crippen LogP contribution in [-0.2, 0) is 16.3 Å². The zero-order valence-electron chi connectivity index (χ0n) is 29.3. The molecule has 1 aromatic heterocycles. The number of ketones is 1. The van der Waals surface area contributed by atoms with E-state index in [1.54, 1.807) is 0 Å². The summed E-state index contributed by atoms with van der Waals surface area (Å²) in [5.74, 6) is 0.326. The first-order valence-electron chi connectivity index (χ1n) is 17.6. The third-order valence-corrected chi connectivity index (χ3v) is 11.6. The second kappa shape index (κ2) is 14.9. The minimum atomic E-state index is -1.75. The van der Waals surface area contributed by atoms with Crippen molar-refractivity contribution in [3.8, 4) is 22.6 Å². The van der Waals surface area contributed by atoms with E-state index in [4.69, 9.17) is 13.8 Å². The van der Waals surface area contributed by atoms with E-state index >= 15 is 0 Å². The summed E-state index contributed by atoms with van der Waals surface area (Å²) >= 11 is 0. The Morgan fingerprint density at radius 3 is 1.90 bits per heavy atom. The third kappa shape index (κ3) is 7.16. The Balaban J connectivity index is 1.41. The zero-order chi connectivity index (χ0) is 35.4. The standard InChI is InChI=1S/C45H42NO4Si/c1-45(2,3)38-26-16-25-36-35(38)27-28-39(50-51(33-21-12-6-13-22-33)34-23-14-7-15-24-34)40(36)37(29-30-47)42(48)44-46-41(31-17-8-4-9-18-31)43(49-44)32-19-10-5-11-20-32/h4-26,37,47H,27-30H2,1-3H3. The fourth-order valence-corrected chi connectivity index (χ4v) is 9.11. The number of nitrogens with zero attached hydrogens (tertiary/aromatic N) is 1. The van der Waals surface area contributed by atoms with Crippen LogP contribution in [0.5, 0.6) is 0 Å². The number of oxazole rings is 1. The Morgan fingerprint density at radius 2 is 1.33 bits per heavy atom. The maximum Gasteiger partial charge on any atom is 0.352 e. The summed E-state index contributed by atoms with van der Waals surface area (Å²) in [6, 6.07) is 46.6. The number of carbonyl (C=O) groups is 1. The van der Waals surface area contributed by atoms with Gasteiger partial charge in [0, 0.05) is 29.7 Å². The first kappa shape index (κ1) is 34.2. The van der Waals surface area contributed by atoms with Crippen LogP contribution in [0.2, 0.25) is 0 Å². The predicted molar refractivity (Wildman–Crippen MR) is 206 cm³/mol. The van der Waals surface area contributed by atoms with Gasteiger partial charge in [0.25, 0.3) is 5.89 Å². The van der Waals surface area contributed by atoms with E-state index in [9.17, 15) is 9.90 Å². The number of allylic oxidation sites excluding steroid dienone is 2.